The molecule has 2 aromatic carbocycles. The van der Waals surface area contributed by atoms with Crippen LogP contribution in [0, 0.1) is 5.92 Å². The van der Waals surface area contributed by atoms with Crippen LogP contribution in [-0.4, -0.2) is 43.4 Å². The van der Waals surface area contributed by atoms with Gasteiger partial charge in [0.05, 0.1) is 18.3 Å². The van der Waals surface area contributed by atoms with Crippen molar-refractivity contribution in [3.63, 3.8) is 0 Å². The fraction of sp³-hybridized carbons (Fsp3) is 0.478. The zero-order chi connectivity index (χ0) is 19.3. The summed E-state index contributed by atoms with van der Waals surface area (Å²) in [6.07, 6.45) is 2.45. The molecule has 0 aromatic heterocycles. The van der Waals surface area contributed by atoms with Crippen LogP contribution in [0.2, 0.25) is 0 Å². The van der Waals surface area contributed by atoms with E-state index in [0.29, 0.717) is 13.0 Å². The Balaban J connectivity index is 0.00000280. The molecule has 0 heterocycles. The molecule has 3 atom stereocenters. The van der Waals surface area contributed by atoms with Crippen molar-refractivity contribution < 1.29 is 14.6 Å². The molecule has 0 spiro atoms. The van der Waals surface area contributed by atoms with E-state index in [9.17, 15) is 5.11 Å². The van der Waals surface area contributed by atoms with E-state index in [-0.39, 0.29) is 24.4 Å². The smallest absolute Gasteiger partial charge is 0.119 e. The first-order valence-corrected chi connectivity index (χ1v) is 9.83. The molecule has 1 N–H and O–H groups in total. The summed E-state index contributed by atoms with van der Waals surface area (Å²) < 4.78 is 11.9. The molecule has 1 aliphatic rings. The minimum atomic E-state index is -0.867. The van der Waals surface area contributed by atoms with Crippen LogP contribution < -0.4 is 9.47 Å². The van der Waals surface area contributed by atoms with Crippen LogP contribution in [0.15, 0.2) is 54.6 Å². The molecule has 1 aliphatic carbocycles. The number of nitrogens with zero attached hydrogens (tertiary/aromatic N) is 1. The Kier molecular flexibility index (Phi) is 8.17. The number of hydrogen-bond donors (Lipinski definition) is 1. The lowest BCUT2D eigenvalue weighted by Gasteiger charge is -2.44. The maximum Gasteiger partial charge on any atom is 0.119 e. The van der Waals surface area contributed by atoms with E-state index in [1.165, 1.54) is 0 Å². The molecule has 5 heteroatoms. The Morgan fingerprint density at radius 2 is 1.79 bits per heavy atom. The third-order valence-electron chi connectivity index (χ3n) is 5.35. The van der Waals surface area contributed by atoms with Crippen LogP contribution in [0.5, 0.6) is 11.5 Å². The van der Waals surface area contributed by atoms with Gasteiger partial charge in [0, 0.05) is 12.5 Å². The topological polar surface area (TPSA) is 41.9 Å². The fourth-order valence-corrected chi connectivity index (χ4v) is 4.08. The number of ether oxygens (including phenoxy) is 2. The van der Waals surface area contributed by atoms with Gasteiger partial charge >= 0.3 is 0 Å². The van der Waals surface area contributed by atoms with E-state index < -0.39 is 5.60 Å². The van der Waals surface area contributed by atoms with Crippen molar-refractivity contribution in [3.8, 4) is 11.5 Å². The summed E-state index contributed by atoms with van der Waals surface area (Å²) in [4.78, 5) is 2.15. The molecular weight excluding hydrogens is 374 g/mol. The predicted octanol–water partition coefficient (Wildman–Crippen LogP) is 4.50. The molecular formula is C23H32ClNO3. The molecule has 2 aromatic rings. The van der Waals surface area contributed by atoms with Crippen LogP contribution in [0.3, 0.4) is 0 Å². The maximum atomic E-state index is 11.7. The molecule has 0 saturated heterocycles. The highest BCUT2D eigenvalue weighted by molar-refractivity contribution is 5.85. The standard InChI is InChI=1S/C23H31NO3.ClH/c1-4-26-21-12-8-9-18(15-21)23(25)14-13-22(16-19(23)17-24(2)3)27-20-10-6-5-7-11-20;/h5-12,15,19,22,25H,4,13-14,16-17H2,1-3H3;1H. The zero-order valence-electron chi connectivity index (χ0n) is 17.0. The van der Waals surface area contributed by atoms with Gasteiger partial charge in [-0.05, 0) is 70.1 Å². The number of rotatable bonds is 7. The number of aliphatic hydroxyl groups is 1. The third-order valence-corrected chi connectivity index (χ3v) is 5.35. The summed E-state index contributed by atoms with van der Waals surface area (Å²) in [6.45, 7) is 3.41. The molecule has 154 valence electrons. The van der Waals surface area contributed by atoms with E-state index in [2.05, 4.69) is 19.0 Å². The molecule has 0 amide bonds. The molecule has 28 heavy (non-hydrogen) atoms. The molecule has 1 saturated carbocycles. The normalized spacial score (nSPS) is 24.5. The summed E-state index contributed by atoms with van der Waals surface area (Å²) in [5, 5.41) is 11.7. The highest BCUT2D eigenvalue weighted by atomic mass is 35.5. The van der Waals surface area contributed by atoms with Gasteiger partial charge in [-0.3, -0.25) is 0 Å². The number of halogens is 1. The van der Waals surface area contributed by atoms with Crippen molar-refractivity contribution in [1.29, 1.82) is 0 Å². The highest BCUT2D eigenvalue weighted by Crippen LogP contribution is 2.43. The van der Waals surface area contributed by atoms with Gasteiger partial charge in [-0.15, -0.1) is 12.4 Å². The minimum Gasteiger partial charge on any atom is -0.494 e. The number of benzene rings is 2. The van der Waals surface area contributed by atoms with Gasteiger partial charge in [-0.1, -0.05) is 30.3 Å². The Labute approximate surface area is 174 Å². The van der Waals surface area contributed by atoms with Gasteiger partial charge in [-0.2, -0.15) is 0 Å². The van der Waals surface area contributed by atoms with E-state index >= 15 is 0 Å². The Morgan fingerprint density at radius 3 is 2.46 bits per heavy atom. The van der Waals surface area contributed by atoms with Crippen LogP contribution in [-0.2, 0) is 5.60 Å². The quantitative estimate of drug-likeness (QED) is 0.736. The second kappa shape index (κ2) is 10.1. The Bertz CT molecular complexity index is 725. The summed E-state index contributed by atoms with van der Waals surface area (Å²) in [6, 6.07) is 17.9. The number of para-hydroxylation sites is 1. The van der Waals surface area contributed by atoms with Crippen LogP contribution in [0.25, 0.3) is 0 Å². The average Bonchev–Trinajstić information content (AvgIpc) is 2.66. The molecule has 3 unspecified atom stereocenters. The van der Waals surface area contributed by atoms with Crippen LogP contribution in [0.1, 0.15) is 31.7 Å². The van der Waals surface area contributed by atoms with Crippen LogP contribution in [0.4, 0.5) is 0 Å². The summed E-state index contributed by atoms with van der Waals surface area (Å²) in [5.41, 5.74) is 0.0759. The van der Waals surface area contributed by atoms with Crippen molar-refractivity contribution in [3.05, 3.63) is 60.2 Å². The SMILES string of the molecule is CCOc1cccc(C2(O)CCC(Oc3ccccc3)CC2CN(C)C)c1.Cl. The lowest BCUT2D eigenvalue weighted by Crippen LogP contribution is -2.47. The van der Waals surface area contributed by atoms with Gasteiger partial charge in [0.15, 0.2) is 0 Å². The fourth-order valence-electron chi connectivity index (χ4n) is 4.08. The van der Waals surface area contributed by atoms with Gasteiger partial charge in [-0.25, -0.2) is 0 Å². The van der Waals surface area contributed by atoms with Crippen LogP contribution >= 0.6 is 12.4 Å². The summed E-state index contributed by atoms with van der Waals surface area (Å²) in [5.74, 6) is 1.80. The summed E-state index contributed by atoms with van der Waals surface area (Å²) >= 11 is 0. The van der Waals surface area contributed by atoms with Gasteiger partial charge in [0.25, 0.3) is 0 Å². The molecule has 0 bridgehead atoms. The maximum absolute atomic E-state index is 11.7. The first kappa shape index (κ1) is 22.5. The van der Waals surface area contributed by atoms with Crippen molar-refractivity contribution in [2.24, 2.45) is 5.92 Å². The zero-order valence-corrected chi connectivity index (χ0v) is 17.8. The monoisotopic (exact) mass is 405 g/mol. The van der Waals surface area contributed by atoms with E-state index in [1.807, 2.05) is 61.5 Å². The largest absolute Gasteiger partial charge is 0.494 e. The van der Waals surface area contributed by atoms with Gasteiger partial charge < -0.3 is 19.5 Å². The molecule has 0 aliphatic heterocycles. The van der Waals surface area contributed by atoms with Gasteiger partial charge in [0.1, 0.15) is 11.5 Å². The third kappa shape index (κ3) is 5.40. The Morgan fingerprint density at radius 1 is 1.07 bits per heavy atom. The van der Waals surface area contributed by atoms with Crippen molar-refractivity contribution in [2.45, 2.75) is 37.9 Å². The van der Waals surface area contributed by atoms with Crippen molar-refractivity contribution >= 4 is 12.4 Å². The molecule has 4 nitrogen and oxygen atoms in total. The first-order valence-electron chi connectivity index (χ1n) is 9.83. The predicted molar refractivity (Wildman–Crippen MR) is 116 cm³/mol. The van der Waals surface area contributed by atoms with E-state index in [0.717, 1.165) is 36.4 Å². The Hall–Kier alpha value is -1.75. The first-order chi connectivity index (χ1) is 13.0. The average molecular weight is 406 g/mol. The lowest BCUT2D eigenvalue weighted by molar-refractivity contribution is -0.0875. The van der Waals surface area contributed by atoms with Gasteiger partial charge in [0.2, 0.25) is 0 Å². The molecule has 0 radical (unpaired) electrons. The molecule has 3 rings (SSSR count). The minimum absolute atomic E-state index is 0. The van der Waals surface area contributed by atoms with Crippen molar-refractivity contribution in [2.75, 3.05) is 27.2 Å². The summed E-state index contributed by atoms with van der Waals surface area (Å²) in [7, 11) is 4.11. The highest BCUT2D eigenvalue weighted by Gasteiger charge is 2.44. The van der Waals surface area contributed by atoms with E-state index in [1.54, 1.807) is 0 Å². The second-order valence-corrected chi connectivity index (χ2v) is 7.67. The van der Waals surface area contributed by atoms with E-state index in [4.69, 9.17) is 9.47 Å². The molecule has 1 fully saturated rings. The lowest BCUT2D eigenvalue weighted by atomic mass is 9.70. The second-order valence-electron chi connectivity index (χ2n) is 7.67. The van der Waals surface area contributed by atoms with Crippen molar-refractivity contribution in [1.82, 2.24) is 4.90 Å². The number of hydrogen-bond acceptors (Lipinski definition) is 4.